The number of amides is 1. The monoisotopic (exact) mass is 333 g/mol. The second-order valence-electron chi connectivity index (χ2n) is 6.51. The average molecular weight is 334 g/mol. The van der Waals surface area contributed by atoms with Crippen LogP contribution in [0.1, 0.15) is 45.1 Å². The normalized spacial score (nSPS) is 23.8. The van der Waals surface area contributed by atoms with Crippen molar-refractivity contribution < 1.29 is 4.79 Å². The molecule has 1 saturated carbocycles. The van der Waals surface area contributed by atoms with Crippen LogP contribution >= 0.6 is 12.2 Å². The number of thiocarbonyl (C=S) groups is 1. The van der Waals surface area contributed by atoms with Crippen LogP contribution in [0.2, 0.25) is 0 Å². The summed E-state index contributed by atoms with van der Waals surface area (Å²) in [6, 6.07) is 10.4. The maximum absolute atomic E-state index is 11.9. The predicted octanol–water partition coefficient (Wildman–Crippen LogP) is 2.94. The van der Waals surface area contributed by atoms with Gasteiger partial charge in [-0.3, -0.25) is 15.6 Å². The molecule has 0 bridgehead atoms. The van der Waals surface area contributed by atoms with Crippen molar-refractivity contribution >= 4 is 23.2 Å². The van der Waals surface area contributed by atoms with E-state index >= 15 is 0 Å². The second-order valence-corrected chi connectivity index (χ2v) is 6.91. The first-order valence-corrected chi connectivity index (χ1v) is 8.86. The van der Waals surface area contributed by atoms with Crippen LogP contribution in [0.25, 0.3) is 0 Å². The Morgan fingerprint density at radius 1 is 1.17 bits per heavy atom. The molecule has 4 nitrogen and oxygen atoms in total. The molecule has 23 heavy (non-hydrogen) atoms. The van der Waals surface area contributed by atoms with E-state index in [0.717, 1.165) is 18.4 Å². The van der Waals surface area contributed by atoms with Gasteiger partial charge in [-0.25, -0.2) is 0 Å². The van der Waals surface area contributed by atoms with Crippen LogP contribution in [0.5, 0.6) is 0 Å². The van der Waals surface area contributed by atoms with Crippen molar-refractivity contribution in [3.63, 3.8) is 0 Å². The van der Waals surface area contributed by atoms with Crippen molar-refractivity contribution in [1.82, 2.24) is 16.2 Å². The molecule has 0 unspecified atom stereocenters. The molecule has 3 atom stereocenters. The van der Waals surface area contributed by atoms with Gasteiger partial charge < -0.3 is 5.32 Å². The lowest BCUT2D eigenvalue weighted by molar-refractivity contribution is -0.121. The Balaban J connectivity index is 1.66. The Kier molecular flexibility index (Phi) is 6.84. The molecule has 0 aromatic heterocycles. The molecule has 0 radical (unpaired) electrons. The minimum absolute atomic E-state index is 0.0527. The van der Waals surface area contributed by atoms with Crippen molar-refractivity contribution in [3.8, 4) is 0 Å². The number of hydrazine groups is 1. The van der Waals surface area contributed by atoms with Gasteiger partial charge in [-0.15, -0.1) is 0 Å². The van der Waals surface area contributed by atoms with Crippen molar-refractivity contribution in [2.24, 2.45) is 11.8 Å². The molecule has 3 N–H and O–H groups in total. The Bertz CT molecular complexity index is 520. The van der Waals surface area contributed by atoms with E-state index in [-0.39, 0.29) is 5.91 Å². The quantitative estimate of drug-likeness (QED) is 0.586. The Hall–Kier alpha value is -1.62. The maximum Gasteiger partial charge on any atom is 0.238 e. The van der Waals surface area contributed by atoms with Gasteiger partial charge in [0.25, 0.3) is 0 Å². The van der Waals surface area contributed by atoms with Gasteiger partial charge in [0.05, 0.1) is 0 Å². The molecule has 1 aromatic rings. The van der Waals surface area contributed by atoms with Gasteiger partial charge in [0.1, 0.15) is 0 Å². The minimum atomic E-state index is -0.0527. The highest BCUT2D eigenvalue weighted by Gasteiger charge is 2.27. The predicted molar refractivity (Wildman–Crippen MR) is 97.7 cm³/mol. The fourth-order valence-electron chi connectivity index (χ4n) is 3.08. The fourth-order valence-corrected chi connectivity index (χ4v) is 3.28. The summed E-state index contributed by atoms with van der Waals surface area (Å²) in [5.41, 5.74) is 6.66. The number of nitrogens with one attached hydrogen (secondary N) is 3. The topological polar surface area (TPSA) is 53.2 Å². The van der Waals surface area contributed by atoms with E-state index in [1.807, 2.05) is 30.3 Å². The van der Waals surface area contributed by atoms with Crippen LogP contribution in [-0.4, -0.2) is 17.1 Å². The van der Waals surface area contributed by atoms with Gasteiger partial charge in [0, 0.05) is 12.5 Å². The molecule has 0 heterocycles. The van der Waals surface area contributed by atoms with Crippen LogP contribution in [-0.2, 0) is 11.2 Å². The van der Waals surface area contributed by atoms with E-state index in [2.05, 4.69) is 30.0 Å². The van der Waals surface area contributed by atoms with E-state index in [9.17, 15) is 4.79 Å². The zero-order chi connectivity index (χ0) is 16.7. The van der Waals surface area contributed by atoms with Crippen LogP contribution in [0.4, 0.5) is 0 Å². The Morgan fingerprint density at radius 3 is 2.65 bits per heavy atom. The number of benzene rings is 1. The summed E-state index contributed by atoms with van der Waals surface area (Å²) in [4.78, 5) is 11.9. The lowest BCUT2D eigenvalue weighted by Gasteiger charge is -2.35. The van der Waals surface area contributed by atoms with Crippen molar-refractivity contribution in [2.45, 2.75) is 52.0 Å². The molecule has 0 aliphatic heterocycles. The van der Waals surface area contributed by atoms with Gasteiger partial charge in [-0.05, 0) is 42.5 Å². The molecule has 1 aromatic carbocycles. The smallest absolute Gasteiger partial charge is 0.238 e. The van der Waals surface area contributed by atoms with Crippen molar-refractivity contribution in [1.29, 1.82) is 0 Å². The molecular formula is C18H27N3OS. The second kappa shape index (κ2) is 8.87. The zero-order valence-electron chi connectivity index (χ0n) is 14.0. The van der Waals surface area contributed by atoms with E-state index in [1.54, 1.807) is 0 Å². The SMILES string of the molecule is C[C@@H]1[C@H](C)CCC[C@@H]1NC(=S)NNC(=O)CCc1ccccc1. The summed E-state index contributed by atoms with van der Waals surface area (Å²) in [6.07, 6.45) is 4.82. The molecule has 126 valence electrons. The molecule has 1 aliphatic rings. The molecule has 1 amide bonds. The van der Waals surface area contributed by atoms with Crippen LogP contribution in [0.3, 0.4) is 0 Å². The number of hydrogen-bond donors (Lipinski definition) is 3. The van der Waals surface area contributed by atoms with Gasteiger partial charge in [-0.1, -0.05) is 57.0 Å². The lowest BCUT2D eigenvalue weighted by atomic mass is 9.78. The first-order valence-electron chi connectivity index (χ1n) is 8.45. The molecule has 5 heteroatoms. The zero-order valence-corrected chi connectivity index (χ0v) is 14.8. The summed E-state index contributed by atoms with van der Waals surface area (Å²) in [5, 5.41) is 3.84. The van der Waals surface area contributed by atoms with Crippen LogP contribution in [0.15, 0.2) is 30.3 Å². The third-order valence-corrected chi connectivity index (χ3v) is 5.04. The Morgan fingerprint density at radius 2 is 1.91 bits per heavy atom. The van der Waals surface area contributed by atoms with E-state index in [4.69, 9.17) is 12.2 Å². The summed E-state index contributed by atoms with van der Waals surface area (Å²) < 4.78 is 0. The van der Waals surface area contributed by atoms with Gasteiger partial charge in [-0.2, -0.15) is 0 Å². The number of rotatable bonds is 4. The fraction of sp³-hybridized carbons (Fsp3) is 0.556. The molecule has 0 spiro atoms. The highest BCUT2D eigenvalue weighted by atomic mass is 32.1. The number of hydrogen-bond acceptors (Lipinski definition) is 2. The molecule has 1 fully saturated rings. The maximum atomic E-state index is 11.9. The lowest BCUT2D eigenvalue weighted by Crippen LogP contribution is -2.52. The average Bonchev–Trinajstić information content (AvgIpc) is 2.56. The van der Waals surface area contributed by atoms with Gasteiger partial charge in [0.2, 0.25) is 5.91 Å². The van der Waals surface area contributed by atoms with Crippen molar-refractivity contribution in [3.05, 3.63) is 35.9 Å². The summed E-state index contributed by atoms with van der Waals surface area (Å²) in [7, 11) is 0. The van der Waals surface area contributed by atoms with E-state index in [1.165, 1.54) is 12.8 Å². The van der Waals surface area contributed by atoms with Crippen molar-refractivity contribution in [2.75, 3.05) is 0 Å². The minimum Gasteiger partial charge on any atom is -0.358 e. The summed E-state index contributed by atoms with van der Waals surface area (Å²) in [6.45, 7) is 4.56. The summed E-state index contributed by atoms with van der Waals surface area (Å²) >= 11 is 5.29. The first kappa shape index (κ1) is 17.7. The van der Waals surface area contributed by atoms with Crippen LogP contribution in [0, 0.1) is 11.8 Å². The highest BCUT2D eigenvalue weighted by molar-refractivity contribution is 7.80. The van der Waals surface area contributed by atoms with Gasteiger partial charge >= 0.3 is 0 Å². The third-order valence-electron chi connectivity index (χ3n) is 4.82. The van der Waals surface area contributed by atoms with Crippen LogP contribution < -0.4 is 16.2 Å². The molecule has 0 saturated heterocycles. The number of carbonyl (C=O) groups is 1. The number of carbonyl (C=O) groups excluding carboxylic acids is 1. The molecular weight excluding hydrogens is 306 g/mol. The molecule has 2 rings (SSSR count). The molecule has 1 aliphatic carbocycles. The third kappa shape index (κ3) is 5.82. The summed E-state index contributed by atoms with van der Waals surface area (Å²) in [5.74, 6) is 1.25. The first-order chi connectivity index (χ1) is 11.1. The highest BCUT2D eigenvalue weighted by Crippen LogP contribution is 2.29. The van der Waals surface area contributed by atoms with Gasteiger partial charge in [0.15, 0.2) is 5.11 Å². The number of aryl methyl sites for hydroxylation is 1. The largest absolute Gasteiger partial charge is 0.358 e. The van der Waals surface area contributed by atoms with E-state index < -0.39 is 0 Å². The Labute approximate surface area is 144 Å². The van der Waals surface area contributed by atoms with E-state index in [0.29, 0.717) is 29.4 Å². The standard InChI is InChI=1S/C18H27N3OS/c1-13-7-6-10-16(14(13)2)19-18(23)21-20-17(22)12-11-15-8-4-3-5-9-15/h3-5,8-9,13-14,16H,6-7,10-12H2,1-2H3,(H,20,22)(H2,19,21,23)/t13-,14-,16+/m1/s1.